The number of aromatic nitrogens is 1. The standard InChI is InChI=1S/C20H17NO3/c1-3-24-20(23)16-10-12-8-9-14-13-6-4-5-7-17(13)21(2)19(14)15(12)11-18(16)22/h4-11,22H,3H2,1-2H3. The highest BCUT2D eigenvalue weighted by Crippen LogP contribution is 2.36. The quantitative estimate of drug-likeness (QED) is 0.558. The van der Waals surface area contributed by atoms with Crippen LogP contribution in [0, 0.1) is 0 Å². The lowest BCUT2D eigenvalue weighted by Crippen LogP contribution is -2.05. The summed E-state index contributed by atoms with van der Waals surface area (Å²) in [4.78, 5) is 12.0. The predicted octanol–water partition coefficient (Wildman–Crippen LogP) is 4.37. The van der Waals surface area contributed by atoms with Gasteiger partial charge in [0.1, 0.15) is 11.3 Å². The lowest BCUT2D eigenvalue weighted by atomic mass is 10.0. The van der Waals surface area contributed by atoms with Gasteiger partial charge in [-0.2, -0.15) is 0 Å². The molecule has 1 N–H and O–H groups in total. The van der Waals surface area contributed by atoms with Crippen molar-refractivity contribution in [3.63, 3.8) is 0 Å². The van der Waals surface area contributed by atoms with Crippen LogP contribution in [0.3, 0.4) is 0 Å². The summed E-state index contributed by atoms with van der Waals surface area (Å²) < 4.78 is 7.13. The molecule has 0 saturated heterocycles. The van der Waals surface area contributed by atoms with E-state index in [1.165, 1.54) is 5.39 Å². The van der Waals surface area contributed by atoms with Gasteiger partial charge in [0.15, 0.2) is 0 Å². The summed E-state index contributed by atoms with van der Waals surface area (Å²) in [7, 11) is 2.01. The van der Waals surface area contributed by atoms with E-state index in [0.717, 1.165) is 27.2 Å². The Morgan fingerprint density at radius 1 is 1.08 bits per heavy atom. The van der Waals surface area contributed by atoms with Crippen LogP contribution < -0.4 is 0 Å². The van der Waals surface area contributed by atoms with Gasteiger partial charge in [0.05, 0.1) is 12.1 Å². The van der Waals surface area contributed by atoms with Crippen molar-refractivity contribution in [1.29, 1.82) is 0 Å². The fourth-order valence-corrected chi connectivity index (χ4v) is 3.41. The first-order chi connectivity index (χ1) is 11.6. The maximum atomic E-state index is 12.0. The van der Waals surface area contributed by atoms with E-state index in [1.54, 1.807) is 19.1 Å². The van der Waals surface area contributed by atoms with E-state index in [0.29, 0.717) is 0 Å². The molecule has 0 unspecified atom stereocenters. The second kappa shape index (κ2) is 5.27. The molecule has 0 saturated carbocycles. The third-order valence-corrected chi connectivity index (χ3v) is 4.49. The van der Waals surface area contributed by atoms with Gasteiger partial charge in [-0.05, 0) is 30.5 Å². The average Bonchev–Trinajstić information content (AvgIpc) is 2.88. The normalized spacial score (nSPS) is 11.4. The summed E-state index contributed by atoms with van der Waals surface area (Å²) in [6.07, 6.45) is 0. The highest BCUT2D eigenvalue weighted by atomic mass is 16.5. The monoisotopic (exact) mass is 319 g/mol. The van der Waals surface area contributed by atoms with Crippen LogP contribution in [0.1, 0.15) is 17.3 Å². The van der Waals surface area contributed by atoms with Crippen LogP contribution >= 0.6 is 0 Å². The van der Waals surface area contributed by atoms with Crippen LogP contribution in [-0.4, -0.2) is 22.2 Å². The van der Waals surface area contributed by atoms with E-state index in [9.17, 15) is 9.90 Å². The van der Waals surface area contributed by atoms with Gasteiger partial charge in [-0.3, -0.25) is 0 Å². The maximum absolute atomic E-state index is 12.0. The zero-order chi connectivity index (χ0) is 16.8. The van der Waals surface area contributed by atoms with Crippen molar-refractivity contribution in [2.75, 3.05) is 6.61 Å². The minimum Gasteiger partial charge on any atom is -0.507 e. The zero-order valence-electron chi connectivity index (χ0n) is 13.5. The number of benzene rings is 3. The molecule has 0 spiro atoms. The third-order valence-electron chi connectivity index (χ3n) is 4.49. The molecule has 0 aliphatic heterocycles. The van der Waals surface area contributed by atoms with Crippen LogP contribution in [0.2, 0.25) is 0 Å². The number of phenols is 1. The summed E-state index contributed by atoms with van der Waals surface area (Å²) in [6.45, 7) is 2.02. The molecule has 0 amide bonds. The van der Waals surface area contributed by atoms with E-state index >= 15 is 0 Å². The van der Waals surface area contributed by atoms with Gasteiger partial charge >= 0.3 is 5.97 Å². The molecule has 4 nitrogen and oxygen atoms in total. The molecule has 1 aromatic heterocycles. The number of aryl methyl sites for hydroxylation is 1. The molecule has 0 bridgehead atoms. The average molecular weight is 319 g/mol. The Hall–Kier alpha value is -3.01. The fraction of sp³-hybridized carbons (Fsp3) is 0.150. The Kier molecular flexibility index (Phi) is 3.20. The van der Waals surface area contributed by atoms with Gasteiger partial charge in [-0.25, -0.2) is 4.79 Å². The molecule has 0 atom stereocenters. The summed E-state index contributed by atoms with van der Waals surface area (Å²) in [5, 5.41) is 14.4. The third kappa shape index (κ3) is 1.96. The van der Waals surface area contributed by atoms with Gasteiger partial charge in [0.2, 0.25) is 0 Å². The highest BCUT2D eigenvalue weighted by molar-refractivity contribution is 6.18. The number of hydrogen-bond donors (Lipinski definition) is 1. The number of hydrogen-bond acceptors (Lipinski definition) is 3. The maximum Gasteiger partial charge on any atom is 0.341 e. The predicted molar refractivity (Wildman–Crippen MR) is 95.6 cm³/mol. The van der Waals surface area contributed by atoms with Crippen LogP contribution in [0.15, 0.2) is 48.5 Å². The minimum absolute atomic E-state index is 0.0568. The molecule has 4 heteroatoms. The van der Waals surface area contributed by atoms with Gasteiger partial charge in [0.25, 0.3) is 0 Å². The Morgan fingerprint density at radius 2 is 1.88 bits per heavy atom. The van der Waals surface area contributed by atoms with Crippen LogP contribution in [0.25, 0.3) is 32.6 Å². The van der Waals surface area contributed by atoms with Gasteiger partial charge in [0, 0.05) is 28.7 Å². The minimum atomic E-state index is -0.506. The summed E-state index contributed by atoms with van der Waals surface area (Å²) in [5.41, 5.74) is 2.37. The molecule has 0 radical (unpaired) electrons. The van der Waals surface area contributed by atoms with Crippen LogP contribution in [0.5, 0.6) is 5.75 Å². The molecule has 3 aromatic carbocycles. The first-order valence-electron chi connectivity index (χ1n) is 7.91. The molecule has 1 heterocycles. The second-order valence-corrected chi connectivity index (χ2v) is 5.85. The van der Waals surface area contributed by atoms with Gasteiger partial charge in [-0.1, -0.05) is 30.3 Å². The molecule has 4 rings (SSSR count). The number of ether oxygens (including phenoxy) is 1. The van der Waals surface area contributed by atoms with Crippen LogP contribution in [-0.2, 0) is 11.8 Å². The second-order valence-electron chi connectivity index (χ2n) is 5.85. The molecule has 0 fully saturated rings. The number of carbonyl (C=O) groups is 1. The first kappa shape index (κ1) is 14.6. The molecule has 0 aliphatic carbocycles. The molecular formula is C20H17NO3. The fourth-order valence-electron chi connectivity index (χ4n) is 3.41. The molecule has 120 valence electrons. The van der Waals surface area contributed by atoms with Crippen molar-refractivity contribution in [1.82, 2.24) is 4.57 Å². The molecule has 4 aromatic rings. The van der Waals surface area contributed by atoms with Crippen molar-refractivity contribution in [2.24, 2.45) is 7.05 Å². The van der Waals surface area contributed by atoms with E-state index in [2.05, 4.69) is 22.8 Å². The van der Waals surface area contributed by atoms with Crippen LogP contribution in [0.4, 0.5) is 0 Å². The lowest BCUT2D eigenvalue weighted by molar-refractivity contribution is 0.0523. The van der Waals surface area contributed by atoms with E-state index < -0.39 is 5.97 Å². The Bertz CT molecular complexity index is 1110. The summed E-state index contributed by atoms with van der Waals surface area (Å²) in [5.74, 6) is -0.562. The summed E-state index contributed by atoms with van der Waals surface area (Å²) in [6, 6.07) is 15.6. The number of rotatable bonds is 2. The smallest absolute Gasteiger partial charge is 0.341 e. The number of aromatic hydroxyl groups is 1. The number of carbonyl (C=O) groups excluding carboxylic acids is 1. The topological polar surface area (TPSA) is 51.5 Å². The Balaban J connectivity index is 2.09. The Morgan fingerprint density at radius 3 is 2.67 bits per heavy atom. The molecule has 24 heavy (non-hydrogen) atoms. The first-order valence-corrected chi connectivity index (χ1v) is 7.91. The number of para-hydroxylation sites is 1. The molecule has 0 aliphatic rings. The summed E-state index contributed by atoms with van der Waals surface area (Å²) >= 11 is 0. The molecular weight excluding hydrogens is 302 g/mol. The zero-order valence-corrected chi connectivity index (χ0v) is 13.5. The van der Waals surface area contributed by atoms with E-state index in [-0.39, 0.29) is 17.9 Å². The van der Waals surface area contributed by atoms with E-state index in [4.69, 9.17) is 4.74 Å². The van der Waals surface area contributed by atoms with Crippen molar-refractivity contribution < 1.29 is 14.6 Å². The number of esters is 1. The largest absolute Gasteiger partial charge is 0.507 e. The van der Waals surface area contributed by atoms with Crippen molar-refractivity contribution in [3.05, 3.63) is 54.1 Å². The van der Waals surface area contributed by atoms with E-state index in [1.807, 2.05) is 25.2 Å². The van der Waals surface area contributed by atoms with Gasteiger partial charge < -0.3 is 14.4 Å². The highest BCUT2D eigenvalue weighted by Gasteiger charge is 2.17. The number of nitrogens with zero attached hydrogens (tertiary/aromatic N) is 1. The number of phenolic OH excluding ortho intramolecular Hbond substituents is 1. The SMILES string of the molecule is CCOC(=O)c1cc2ccc3c4ccccc4n(C)c3c2cc1O. The Labute approximate surface area is 138 Å². The van der Waals surface area contributed by atoms with Crippen molar-refractivity contribution in [2.45, 2.75) is 6.92 Å². The lowest BCUT2D eigenvalue weighted by Gasteiger charge is -2.08. The number of fused-ring (bicyclic) bond motifs is 5. The van der Waals surface area contributed by atoms with Crippen molar-refractivity contribution in [3.8, 4) is 5.75 Å². The van der Waals surface area contributed by atoms with Crippen molar-refractivity contribution >= 4 is 38.5 Å². The van der Waals surface area contributed by atoms with Gasteiger partial charge in [-0.15, -0.1) is 0 Å².